The summed E-state index contributed by atoms with van der Waals surface area (Å²) in [7, 11) is 1.58. The second kappa shape index (κ2) is 4.72. The lowest BCUT2D eigenvalue weighted by molar-refractivity contribution is -0.118. The molecule has 0 aromatic heterocycles. The zero-order chi connectivity index (χ0) is 10.6. The van der Waals surface area contributed by atoms with Gasteiger partial charge in [-0.1, -0.05) is 11.6 Å². The summed E-state index contributed by atoms with van der Waals surface area (Å²) in [4.78, 5) is 10.9. The van der Waals surface area contributed by atoms with Crippen LogP contribution in [0.1, 0.15) is 0 Å². The fraction of sp³-hybridized carbons (Fsp3) is 0.222. The minimum Gasteiger partial charge on any atom is -0.397 e. The summed E-state index contributed by atoms with van der Waals surface area (Å²) in [6.07, 6.45) is 0. The van der Waals surface area contributed by atoms with Crippen molar-refractivity contribution in [1.82, 2.24) is 5.32 Å². The van der Waals surface area contributed by atoms with E-state index in [1.54, 1.807) is 25.2 Å². The van der Waals surface area contributed by atoms with E-state index in [1.165, 1.54) is 0 Å². The average molecular weight is 214 g/mol. The van der Waals surface area contributed by atoms with E-state index in [-0.39, 0.29) is 12.5 Å². The molecule has 4 nitrogen and oxygen atoms in total. The Morgan fingerprint density at radius 2 is 2.29 bits per heavy atom. The lowest BCUT2D eigenvalue weighted by Gasteiger charge is -2.08. The predicted octanol–water partition coefficient (Wildman–Crippen LogP) is 1.08. The van der Waals surface area contributed by atoms with Crippen molar-refractivity contribution in [3.05, 3.63) is 23.2 Å². The third-order valence-electron chi connectivity index (χ3n) is 1.73. The van der Waals surface area contributed by atoms with Gasteiger partial charge in [0.05, 0.1) is 17.9 Å². The summed E-state index contributed by atoms with van der Waals surface area (Å²) in [5.74, 6) is -0.0978. The zero-order valence-electron chi connectivity index (χ0n) is 7.80. The van der Waals surface area contributed by atoms with E-state index in [2.05, 4.69) is 10.6 Å². The van der Waals surface area contributed by atoms with Crippen LogP contribution in [0.3, 0.4) is 0 Å². The Balaban J connectivity index is 2.63. The number of carbonyl (C=O) groups excluding carboxylic acids is 1. The van der Waals surface area contributed by atoms with Crippen LogP contribution in [0.15, 0.2) is 18.2 Å². The highest BCUT2D eigenvalue weighted by molar-refractivity contribution is 6.31. The van der Waals surface area contributed by atoms with Crippen LogP contribution in [-0.4, -0.2) is 19.5 Å². The Labute approximate surface area is 87.4 Å². The van der Waals surface area contributed by atoms with Crippen molar-refractivity contribution >= 4 is 28.9 Å². The second-order valence-electron chi connectivity index (χ2n) is 2.76. The van der Waals surface area contributed by atoms with Crippen LogP contribution in [0.5, 0.6) is 0 Å². The molecule has 0 bridgehead atoms. The van der Waals surface area contributed by atoms with Crippen molar-refractivity contribution in [1.29, 1.82) is 0 Å². The smallest absolute Gasteiger partial charge is 0.239 e. The Morgan fingerprint density at radius 1 is 1.57 bits per heavy atom. The highest BCUT2D eigenvalue weighted by Gasteiger charge is 2.01. The summed E-state index contributed by atoms with van der Waals surface area (Å²) < 4.78 is 0. The van der Waals surface area contributed by atoms with Crippen molar-refractivity contribution in [2.45, 2.75) is 0 Å². The Kier molecular flexibility index (Phi) is 3.59. The monoisotopic (exact) mass is 213 g/mol. The van der Waals surface area contributed by atoms with E-state index < -0.39 is 0 Å². The number of hydrogen-bond acceptors (Lipinski definition) is 3. The molecule has 0 fully saturated rings. The lowest BCUT2D eigenvalue weighted by Crippen LogP contribution is -2.26. The van der Waals surface area contributed by atoms with Crippen molar-refractivity contribution in [3.8, 4) is 0 Å². The van der Waals surface area contributed by atoms with Gasteiger partial charge in [-0.25, -0.2) is 0 Å². The van der Waals surface area contributed by atoms with E-state index in [0.717, 1.165) is 0 Å². The van der Waals surface area contributed by atoms with Gasteiger partial charge in [-0.05, 0) is 18.2 Å². The summed E-state index contributed by atoms with van der Waals surface area (Å²) in [6.45, 7) is 0.197. The van der Waals surface area contributed by atoms with Crippen LogP contribution in [0.2, 0.25) is 5.02 Å². The van der Waals surface area contributed by atoms with Crippen molar-refractivity contribution in [2.75, 3.05) is 24.6 Å². The lowest BCUT2D eigenvalue weighted by atomic mass is 10.2. The summed E-state index contributed by atoms with van der Waals surface area (Å²) in [5, 5.41) is 5.97. The number of benzene rings is 1. The van der Waals surface area contributed by atoms with Gasteiger partial charge >= 0.3 is 0 Å². The molecule has 0 spiro atoms. The highest BCUT2D eigenvalue weighted by Crippen LogP contribution is 2.22. The van der Waals surface area contributed by atoms with Crippen LogP contribution in [-0.2, 0) is 4.79 Å². The molecule has 76 valence electrons. The van der Waals surface area contributed by atoms with Crippen molar-refractivity contribution in [2.24, 2.45) is 0 Å². The highest BCUT2D eigenvalue weighted by atomic mass is 35.5. The molecule has 1 aromatic carbocycles. The molecule has 4 N–H and O–H groups in total. The Hall–Kier alpha value is -1.42. The molecular formula is C9H12ClN3O. The zero-order valence-corrected chi connectivity index (χ0v) is 8.56. The number of likely N-dealkylation sites (N-methyl/N-ethyl adjacent to an activating group) is 1. The van der Waals surface area contributed by atoms with E-state index in [1.807, 2.05) is 0 Å². The number of amides is 1. The molecule has 0 atom stereocenters. The van der Waals surface area contributed by atoms with Gasteiger partial charge in [0, 0.05) is 12.1 Å². The normalized spacial score (nSPS) is 9.57. The molecule has 0 aliphatic heterocycles. The minimum absolute atomic E-state index is 0.0978. The number of anilines is 2. The summed E-state index contributed by atoms with van der Waals surface area (Å²) in [6, 6.07) is 5.08. The molecule has 5 heteroatoms. The number of carbonyl (C=O) groups is 1. The molecule has 0 heterocycles. The molecule has 0 radical (unpaired) electrons. The third-order valence-corrected chi connectivity index (χ3v) is 1.97. The van der Waals surface area contributed by atoms with Gasteiger partial charge in [-0.2, -0.15) is 0 Å². The molecule has 1 aromatic rings. The van der Waals surface area contributed by atoms with E-state index in [4.69, 9.17) is 17.3 Å². The van der Waals surface area contributed by atoms with Gasteiger partial charge in [0.15, 0.2) is 0 Å². The standard InChI is InChI=1S/C9H12ClN3O/c1-12-9(14)5-13-8-3-2-6(10)4-7(8)11/h2-4,13H,5,11H2,1H3,(H,12,14). The Bertz CT molecular complexity index is 341. The van der Waals surface area contributed by atoms with Gasteiger partial charge in [0.1, 0.15) is 0 Å². The molecule has 1 rings (SSSR count). The van der Waals surface area contributed by atoms with E-state index in [9.17, 15) is 4.79 Å². The van der Waals surface area contributed by atoms with E-state index in [0.29, 0.717) is 16.4 Å². The average Bonchev–Trinajstić information content (AvgIpc) is 2.16. The van der Waals surface area contributed by atoms with Crippen molar-refractivity contribution < 1.29 is 4.79 Å². The van der Waals surface area contributed by atoms with Gasteiger partial charge in [-0.15, -0.1) is 0 Å². The number of nitrogens with one attached hydrogen (secondary N) is 2. The maximum absolute atomic E-state index is 10.9. The largest absolute Gasteiger partial charge is 0.397 e. The molecule has 0 saturated heterocycles. The van der Waals surface area contributed by atoms with Gasteiger partial charge in [0.25, 0.3) is 0 Å². The topological polar surface area (TPSA) is 67.2 Å². The van der Waals surface area contributed by atoms with Crippen LogP contribution in [0, 0.1) is 0 Å². The molecular weight excluding hydrogens is 202 g/mol. The molecule has 0 unspecified atom stereocenters. The summed E-state index contributed by atoms with van der Waals surface area (Å²) >= 11 is 5.72. The quantitative estimate of drug-likeness (QED) is 0.659. The van der Waals surface area contributed by atoms with Crippen LogP contribution in [0.25, 0.3) is 0 Å². The first-order valence-corrected chi connectivity index (χ1v) is 4.50. The number of halogens is 1. The maximum Gasteiger partial charge on any atom is 0.239 e. The first-order valence-electron chi connectivity index (χ1n) is 4.13. The van der Waals surface area contributed by atoms with E-state index >= 15 is 0 Å². The number of hydrogen-bond donors (Lipinski definition) is 3. The molecule has 14 heavy (non-hydrogen) atoms. The van der Waals surface area contributed by atoms with Crippen molar-refractivity contribution in [3.63, 3.8) is 0 Å². The van der Waals surface area contributed by atoms with Gasteiger partial charge < -0.3 is 16.4 Å². The van der Waals surface area contributed by atoms with Crippen LogP contribution >= 0.6 is 11.6 Å². The minimum atomic E-state index is -0.0978. The maximum atomic E-state index is 10.9. The third kappa shape index (κ3) is 2.81. The van der Waals surface area contributed by atoms with Gasteiger partial charge in [-0.3, -0.25) is 4.79 Å². The molecule has 0 saturated carbocycles. The fourth-order valence-electron chi connectivity index (χ4n) is 0.958. The number of nitrogens with two attached hydrogens (primary N) is 1. The first-order chi connectivity index (χ1) is 6.63. The second-order valence-corrected chi connectivity index (χ2v) is 3.19. The SMILES string of the molecule is CNC(=O)CNc1ccc(Cl)cc1N. The molecule has 1 amide bonds. The number of rotatable bonds is 3. The van der Waals surface area contributed by atoms with Crippen LogP contribution < -0.4 is 16.4 Å². The fourth-order valence-corrected chi connectivity index (χ4v) is 1.14. The van der Waals surface area contributed by atoms with Crippen LogP contribution in [0.4, 0.5) is 11.4 Å². The molecule has 0 aliphatic carbocycles. The Morgan fingerprint density at radius 3 is 2.86 bits per heavy atom. The summed E-state index contributed by atoms with van der Waals surface area (Å²) in [5.41, 5.74) is 6.91. The van der Waals surface area contributed by atoms with Gasteiger partial charge in [0.2, 0.25) is 5.91 Å². The first kappa shape index (κ1) is 10.7. The predicted molar refractivity (Wildman–Crippen MR) is 58.4 cm³/mol. The number of nitrogen functional groups attached to an aromatic ring is 1. The molecule has 0 aliphatic rings.